The Morgan fingerprint density at radius 1 is 1.20 bits per heavy atom. The lowest BCUT2D eigenvalue weighted by molar-refractivity contribution is -0.130. The van der Waals surface area contributed by atoms with Crippen molar-refractivity contribution in [2.45, 2.75) is 51.2 Å². The fraction of sp³-hybridized carbons (Fsp3) is 0.421. The number of esters is 1. The summed E-state index contributed by atoms with van der Waals surface area (Å²) in [5.74, 6) is -0.766. The number of aromatic nitrogens is 1. The van der Waals surface area contributed by atoms with E-state index >= 15 is 0 Å². The first-order valence-corrected chi connectivity index (χ1v) is 8.98. The number of nitrogens with one attached hydrogen (secondary N) is 1. The van der Waals surface area contributed by atoms with Crippen LogP contribution in [0.25, 0.3) is 10.9 Å². The molecule has 3 rings (SSSR count). The first-order valence-electron chi connectivity index (χ1n) is 8.60. The molecule has 6 heteroatoms. The number of hydrogen-bond donors (Lipinski definition) is 1. The van der Waals surface area contributed by atoms with E-state index in [2.05, 4.69) is 10.3 Å². The summed E-state index contributed by atoms with van der Waals surface area (Å²) in [5, 5.41) is 4.16. The Bertz CT molecular complexity index is 787. The minimum atomic E-state index is -0.825. The van der Waals surface area contributed by atoms with Crippen molar-refractivity contribution in [2.75, 3.05) is 0 Å². The summed E-state index contributed by atoms with van der Waals surface area (Å²) in [6.45, 7) is 1.60. The van der Waals surface area contributed by atoms with Crippen molar-refractivity contribution < 1.29 is 14.3 Å². The summed E-state index contributed by atoms with van der Waals surface area (Å²) in [6.07, 6.45) is 4.65. The minimum absolute atomic E-state index is 0.193. The fourth-order valence-electron chi connectivity index (χ4n) is 3.08. The van der Waals surface area contributed by atoms with Gasteiger partial charge in [-0.05, 0) is 50.1 Å². The van der Waals surface area contributed by atoms with Gasteiger partial charge in [-0.1, -0.05) is 30.9 Å². The molecule has 1 amide bonds. The zero-order valence-corrected chi connectivity index (χ0v) is 14.9. The van der Waals surface area contributed by atoms with Gasteiger partial charge in [0.15, 0.2) is 6.10 Å². The first-order chi connectivity index (χ1) is 12.0. The van der Waals surface area contributed by atoms with Crippen molar-refractivity contribution in [2.24, 2.45) is 0 Å². The van der Waals surface area contributed by atoms with Crippen LogP contribution in [0.15, 0.2) is 30.3 Å². The number of carbonyl (C=O) groups excluding carboxylic acids is 2. The molecule has 1 unspecified atom stereocenters. The Labute approximate surface area is 151 Å². The standard InChI is InChI=1S/C19H21ClN2O3/c1-12(18(23)21-15-5-3-2-4-6-15)25-19(24)14-7-9-16-13(11-14)8-10-17(20)22-16/h7-12,15H,2-6H2,1H3,(H,21,23). The summed E-state index contributed by atoms with van der Waals surface area (Å²) >= 11 is 5.86. The zero-order valence-electron chi connectivity index (χ0n) is 14.1. The summed E-state index contributed by atoms with van der Waals surface area (Å²) in [5.41, 5.74) is 1.08. The van der Waals surface area contributed by atoms with Gasteiger partial charge in [0.25, 0.3) is 5.91 Å². The molecule has 1 aromatic heterocycles. The van der Waals surface area contributed by atoms with E-state index in [-0.39, 0.29) is 11.9 Å². The third-order valence-corrected chi connectivity index (χ3v) is 4.71. The lowest BCUT2D eigenvalue weighted by Crippen LogP contribution is -2.42. The van der Waals surface area contributed by atoms with E-state index in [9.17, 15) is 9.59 Å². The SMILES string of the molecule is CC(OC(=O)c1ccc2nc(Cl)ccc2c1)C(=O)NC1CCCCC1. The number of nitrogens with zero attached hydrogens (tertiary/aromatic N) is 1. The average Bonchev–Trinajstić information content (AvgIpc) is 2.62. The van der Waals surface area contributed by atoms with Crippen LogP contribution in [-0.4, -0.2) is 29.0 Å². The molecule has 25 heavy (non-hydrogen) atoms. The molecule has 1 saturated carbocycles. The summed E-state index contributed by atoms with van der Waals surface area (Å²) < 4.78 is 5.31. The van der Waals surface area contributed by atoms with Crippen molar-refractivity contribution in [1.29, 1.82) is 0 Å². The number of carbonyl (C=O) groups is 2. The number of pyridine rings is 1. The predicted octanol–water partition coefficient (Wildman–Crippen LogP) is 3.88. The first kappa shape index (κ1) is 17.7. The molecule has 2 aromatic rings. The molecule has 1 aliphatic carbocycles. The largest absolute Gasteiger partial charge is 0.449 e. The quantitative estimate of drug-likeness (QED) is 0.663. The normalized spacial score (nSPS) is 16.4. The minimum Gasteiger partial charge on any atom is -0.449 e. The third-order valence-electron chi connectivity index (χ3n) is 4.50. The molecule has 0 spiro atoms. The van der Waals surface area contributed by atoms with Crippen LogP contribution in [0.2, 0.25) is 5.15 Å². The molecule has 132 valence electrons. The molecule has 5 nitrogen and oxygen atoms in total. The van der Waals surface area contributed by atoms with E-state index in [1.165, 1.54) is 6.42 Å². The van der Waals surface area contributed by atoms with Crippen molar-refractivity contribution in [1.82, 2.24) is 10.3 Å². The van der Waals surface area contributed by atoms with E-state index in [4.69, 9.17) is 16.3 Å². The molecule has 0 saturated heterocycles. The van der Waals surface area contributed by atoms with Gasteiger partial charge in [0.1, 0.15) is 5.15 Å². The van der Waals surface area contributed by atoms with Crippen LogP contribution in [0.4, 0.5) is 0 Å². The highest BCUT2D eigenvalue weighted by atomic mass is 35.5. The molecule has 0 aliphatic heterocycles. The van der Waals surface area contributed by atoms with Crippen LogP contribution in [-0.2, 0) is 9.53 Å². The van der Waals surface area contributed by atoms with Crippen LogP contribution in [0, 0.1) is 0 Å². The molecule has 0 radical (unpaired) electrons. The van der Waals surface area contributed by atoms with Gasteiger partial charge in [-0.3, -0.25) is 4.79 Å². The van der Waals surface area contributed by atoms with Crippen molar-refractivity contribution in [3.63, 3.8) is 0 Å². The zero-order chi connectivity index (χ0) is 17.8. The van der Waals surface area contributed by atoms with Crippen molar-refractivity contribution in [3.05, 3.63) is 41.0 Å². The van der Waals surface area contributed by atoms with Crippen LogP contribution >= 0.6 is 11.6 Å². The van der Waals surface area contributed by atoms with Gasteiger partial charge >= 0.3 is 5.97 Å². The van der Waals surface area contributed by atoms with Gasteiger partial charge in [-0.15, -0.1) is 0 Å². The highest BCUT2D eigenvalue weighted by Gasteiger charge is 2.23. The molecule has 1 aliphatic rings. The van der Waals surface area contributed by atoms with Gasteiger partial charge in [-0.25, -0.2) is 9.78 Å². The summed E-state index contributed by atoms with van der Waals surface area (Å²) in [7, 11) is 0. The summed E-state index contributed by atoms with van der Waals surface area (Å²) in [6, 6.07) is 8.68. The number of amides is 1. The Kier molecular flexibility index (Phi) is 5.53. The van der Waals surface area contributed by atoms with Crippen molar-refractivity contribution in [3.8, 4) is 0 Å². The highest BCUT2D eigenvalue weighted by molar-refractivity contribution is 6.29. The Morgan fingerprint density at radius 3 is 2.72 bits per heavy atom. The average molecular weight is 361 g/mol. The van der Waals surface area contributed by atoms with Crippen LogP contribution in [0.3, 0.4) is 0 Å². The van der Waals surface area contributed by atoms with Crippen LogP contribution in [0.1, 0.15) is 49.4 Å². The second-order valence-corrected chi connectivity index (χ2v) is 6.82. The second-order valence-electron chi connectivity index (χ2n) is 6.43. The van der Waals surface area contributed by atoms with E-state index in [0.29, 0.717) is 16.2 Å². The van der Waals surface area contributed by atoms with E-state index in [1.807, 2.05) is 0 Å². The van der Waals surface area contributed by atoms with E-state index in [0.717, 1.165) is 31.1 Å². The molecule has 1 heterocycles. The van der Waals surface area contributed by atoms with Crippen LogP contribution in [0.5, 0.6) is 0 Å². The molecule has 1 N–H and O–H groups in total. The van der Waals surface area contributed by atoms with Gasteiger partial charge in [-0.2, -0.15) is 0 Å². The van der Waals surface area contributed by atoms with Gasteiger partial charge in [0.2, 0.25) is 0 Å². The van der Waals surface area contributed by atoms with E-state index < -0.39 is 12.1 Å². The van der Waals surface area contributed by atoms with Gasteiger partial charge in [0, 0.05) is 11.4 Å². The molecular weight excluding hydrogens is 340 g/mol. The fourth-order valence-corrected chi connectivity index (χ4v) is 3.23. The number of ether oxygens (including phenoxy) is 1. The lowest BCUT2D eigenvalue weighted by Gasteiger charge is -2.24. The van der Waals surface area contributed by atoms with E-state index in [1.54, 1.807) is 37.3 Å². The molecule has 1 atom stereocenters. The topological polar surface area (TPSA) is 68.3 Å². The highest BCUT2D eigenvalue weighted by Crippen LogP contribution is 2.19. The maximum absolute atomic E-state index is 12.3. The number of hydrogen-bond acceptors (Lipinski definition) is 4. The second kappa shape index (κ2) is 7.83. The number of benzene rings is 1. The molecule has 0 bridgehead atoms. The molecule has 1 fully saturated rings. The molecule has 1 aromatic carbocycles. The Morgan fingerprint density at radius 2 is 1.96 bits per heavy atom. The Balaban J connectivity index is 1.62. The maximum Gasteiger partial charge on any atom is 0.338 e. The smallest absolute Gasteiger partial charge is 0.338 e. The monoisotopic (exact) mass is 360 g/mol. The van der Waals surface area contributed by atoms with Gasteiger partial charge < -0.3 is 10.1 Å². The predicted molar refractivity (Wildman–Crippen MR) is 96.6 cm³/mol. The van der Waals surface area contributed by atoms with Crippen molar-refractivity contribution >= 4 is 34.4 Å². The lowest BCUT2D eigenvalue weighted by atomic mass is 9.95. The molecular formula is C19H21ClN2O3. The third kappa shape index (κ3) is 4.48. The number of rotatable bonds is 4. The number of fused-ring (bicyclic) bond motifs is 1. The summed E-state index contributed by atoms with van der Waals surface area (Å²) in [4.78, 5) is 28.7. The number of halogens is 1. The maximum atomic E-state index is 12.3. The Hall–Kier alpha value is -2.14. The van der Waals surface area contributed by atoms with Crippen LogP contribution < -0.4 is 5.32 Å². The van der Waals surface area contributed by atoms with Gasteiger partial charge in [0.05, 0.1) is 11.1 Å².